The van der Waals surface area contributed by atoms with Crippen LogP contribution in [-0.2, 0) is 14.3 Å². The van der Waals surface area contributed by atoms with Crippen LogP contribution in [0.3, 0.4) is 0 Å². The Hall–Kier alpha value is -2.17. The van der Waals surface area contributed by atoms with Gasteiger partial charge < -0.3 is 9.47 Å². The lowest BCUT2D eigenvalue weighted by atomic mass is 10.1. The van der Waals surface area contributed by atoms with Crippen LogP contribution in [0.5, 0.6) is 5.75 Å². The van der Waals surface area contributed by atoms with E-state index in [1.54, 1.807) is 31.2 Å². The van der Waals surface area contributed by atoms with E-state index in [9.17, 15) is 14.4 Å². The molecule has 0 atom stereocenters. The molecule has 0 amide bonds. The highest BCUT2D eigenvalue weighted by atomic mass is 16.5. The van der Waals surface area contributed by atoms with Crippen molar-refractivity contribution >= 4 is 17.7 Å². The minimum absolute atomic E-state index is 0.0522. The smallest absolute Gasteiger partial charge is 0.308 e. The van der Waals surface area contributed by atoms with E-state index in [4.69, 9.17) is 9.47 Å². The molecule has 0 bridgehead atoms. The summed E-state index contributed by atoms with van der Waals surface area (Å²) in [5, 5.41) is 0. The van der Waals surface area contributed by atoms with Crippen LogP contribution in [0.15, 0.2) is 24.3 Å². The predicted octanol–water partition coefficient (Wildman–Crippen LogP) is 2.53. The first kappa shape index (κ1) is 15.9. The summed E-state index contributed by atoms with van der Waals surface area (Å²) >= 11 is 0. The Labute approximate surface area is 117 Å². The fourth-order valence-corrected chi connectivity index (χ4v) is 1.65. The molecule has 1 rings (SSSR count). The van der Waals surface area contributed by atoms with Gasteiger partial charge in [-0.25, -0.2) is 0 Å². The number of Topliss-reactive ketones (excluding diaryl/α,β-unsaturated/α-hetero) is 1. The summed E-state index contributed by atoms with van der Waals surface area (Å²) in [7, 11) is 0. The average Bonchev–Trinajstić information content (AvgIpc) is 2.39. The summed E-state index contributed by atoms with van der Waals surface area (Å²) in [6.45, 7) is 3.41. The number of hydrogen-bond donors (Lipinski definition) is 0. The second-order valence-corrected chi connectivity index (χ2v) is 4.20. The van der Waals surface area contributed by atoms with Gasteiger partial charge in [0.25, 0.3) is 0 Å². The fraction of sp³-hybridized carbons (Fsp3) is 0.400. The van der Waals surface area contributed by atoms with Crippen molar-refractivity contribution in [1.82, 2.24) is 0 Å². The van der Waals surface area contributed by atoms with Crippen LogP contribution in [0, 0.1) is 0 Å². The number of ether oxygens (including phenoxy) is 2. The van der Waals surface area contributed by atoms with Gasteiger partial charge in [-0.3, -0.25) is 14.4 Å². The van der Waals surface area contributed by atoms with Crippen molar-refractivity contribution in [3.63, 3.8) is 0 Å². The molecule has 0 heterocycles. The van der Waals surface area contributed by atoms with Gasteiger partial charge in [0.2, 0.25) is 0 Å². The summed E-state index contributed by atoms with van der Waals surface area (Å²) < 4.78 is 9.66. The molecule has 20 heavy (non-hydrogen) atoms. The molecular formula is C15H18O5. The first-order valence-electron chi connectivity index (χ1n) is 6.50. The van der Waals surface area contributed by atoms with Crippen LogP contribution in [0.25, 0.3) is 0 Å². The zero-order chi connectivity index (χ0) is 15.0. The molecule has 0 saturated heterocycles. The summed E-state index contributed by atoms with van der Waals surface area (Å²) in [5.41, 5.74) is 0.532. The Bertz CT molecular complexity index is 476. The van der Waals surface area contributed by atoms with Crippen molar-refractivity contribution in [1.29, 1.82) is 0 Å². The molecule has 0 saturated carbocycles. The zero-order valence-electron chi connectivity index (χ0n) is 11.7. The lowest BCUT2D eigenvalue weighted by Gasteiger charge is -2.04. The van der Waals surface area contributed by atoms with Crippen LogP contribution in [-0.4, -0.2) is 24.3 Å². The summed E-state index contributed by atoms with van der Waals surface area (Å²) in [6.07, 6.45) is 0.986. The van der Waals surface area contributed by atoms with Gasteiger partial charge in [-0.2, -0.15) is 0 Å². The fourth-order valence-electron chi connectivity index (χ4n) is 1.65. The molecule has 0 N–H and O–H groups in total. The summed E-state index contributed by atoms with van der Waals surface area (Å²) in [5.74, 6) is -0.340. The maximum Gasteiger partial charge on any atom is 0.308 e. The number of hydrogen-bond acceptors (Lipinski definition) is 5. The van der Waals surface area contributed by atoms with Crippen molar-refractivity contribution in [2.24, 2.45) is 0 Å². The zero-order valence-corrected chi connectivity index (χ0v) is 11.7. The Morgan fingerprint density at radius 3 is 2.25 bits per heavy atom. The van der Waals surface area contributed by atoms with Gasteiger partial charge in [-0.15, -0.1) is 0 Å². The molecule has 0 spiro atoms. The minimum atomic E-state index is -0.404. The van der Waals surface area contributed by atoms with Crippen LogP contribution in [0.1, 0.15) is 43.5 Å². The lowest BCUT2D eigenvalue weighted by Crippen LogP contribution is -2.06. The van der Waals surface area contributed by atoms with E-state index in [-0.39, 0.29) is 24.6 Å². The number of carbonyl (C=O) groups is 3. The molecule has 0 aliphatic heterocycles. The maximum absolute atomic E-state index is 11.9. The molecule has 5 nitrogen and oxygen atoms in total. The third-order valence-electron chi connectivity index (χ3n) is 2.53. The molecule has 0 fully saturated rings. The number of rotatable bonds is 7. The number of benzene rings is 1. The number of esters is 2. The van der Waals surface area contributed by atoms with E-state index in [1.165, 1.54) is 6.92 Å². The van der Waals surface area contributed by atoms with Crippen molar-refractivity contribution in [2.45, 2.75) is 33.1 Å². The first-order chi connectivity index (χ1) is 9.52. The molecule has 0 aromatic heterocycles. The minimum Gasteiger partial charge on any atom is -0.466 e. The molecule has 0 aliphatic carbocycles. The van der Waals surface area contributed by atoms with E-state index in [1.807, 2.05) is 0 Å². The van der Waals surface area contributed by atoms with Crippen molar-refractivity contribution < 1.29 is 23.9 Å². The van der Waals surface area contributed by atoms with Crippen LogP contribution in [0.4, 0.5) is 0 Å². The number of ketones is 1. The maximum atomic E-state index is 11.9. The van der Waals surface area contributed by atoms with Gasteiger partial charge >= 0.3 is 11.9 Å². The van der Waals surface area contributed by atoms with Gasteiger partial charge in [0.15, 0.2) is 5.78 Å². The van der Waals surface area contributed by atoms with Crippen LogP contribution in [0.2, 0.25) is 0 Å². The highest BCUT2D eigenvalue weighted by Crippen LogP contribution is 2.14. The largest absolute Gasteiger partial charge is 0.466 e. The van der Waals surface area contributed by atoms with E-state index >= 15 is 0 Å². The Balaban J connectivity index is 2.43. The molecule has 0 radical (unpaired) electrons. The van der Waals surface area contributed by atoms with Gasteiger partial charge in [0.1, 0.15) is 5.75 Å². The molecule has 1 aromatic rings. The van der Waals surface area contributed by atoms with Gasteiger partial charge in [0, 0.05) is 25.3 Å². The van der Waals surface area contributed by atoms with E-state index in [0.717, 1.165) is 0 Å². The summed E-state index contributed by atoms with van der Waals surface area (Å²) in [6, 6.07) is 6.34. The third-order valence-corrected chi connectivity index (χ3v) is 2.53. The van der Waals surface area contributed by atoms with Crippen LogP contribution >= 0.6 is 0 Å². The second-order valence-electron chi connectivity index (χ2n) is 4.20. The van der Waals surface area contributed by atoms with Gasteiger partial charge in [0.05, 0.1) is 6.61 Å². The Morgan fingerprint density at radius 2 is 1.70 bits per heavy atom. The lowest BCUT2D eigenvalue weighted by molar-refractivity contribution is -0.143. The second kappa shape index (κ2) is 8.09. The third kappa shape index (κ3) is 5.65. The van der Waals surface area contributed by atoms with Crippen molar-refractivity contribution in [2.75, 3.05) is 6.61 Å². The molecule has 0 aliphatic rings. The summed E-state index contributed by atoms with van der Waals surface area (Å²) in [4.78, 5) is 33.7. The van der Waals surface area contributed by atoms with Gasteiger partial charge in [-0.05, 0) is 37.6 Å². The standard InChI is InChI=1S/C15H18O5/c1-3-19-15(18)6-4-5-14(17)12-7-9-13(10-8-12)20-11(2)16/h7-10H,3-6H2,1-2H3. The van der Waals surface area contributed by atoms with E-state index in [2.05, 4.69) is 0 Å². The van der Waals surface area contributed by atoms with E-state index < -0.39 is 5.97 Å². The van der Waals surface area contributed by atoms with E-state index in [0.29, 0.717) is 24.3 Å². The Kier molecular flexibility index (Phi) is 6.43. The monoisotopic (exact) mass is 278 g/mol. The highest BCUT2D eigenvalue weighted by Gasteiger charge is 2.08. The quantitative estimate of drug-likeness (QED) is 0.435. The SMILES string of the molecule is CCOC(=O)CCCC(=O)c1ccc(OC(C)=O)cc1. The predicted molar refractivity (Wildman–Crippen MR) is 72.6 cm³/mol. The molecular weight excluding hydrogens is 260 g/mol. The molecule has 108 valence electrons. The van der Waals surface area contributed by atoms with Crippen molar-refractivity contribution in [3.05, 3.63) is 29.8 Å². The average molecular weight is 278 g/mol. The molecule has 1 aromatic carbocycles. The van der Waals surface area contributed by atoms with Crippen LogP contribution < -0.4 is 4.74 Å². The normalized spacial score (nSPS) is 9.90. The number of carbonyl (C=O) groups excluding carboxylic acids is 3. The van der Waals surface area contributed by atoms with Crippen molar-refractivity contribution in [3.8, 4) is 5.75 Å². The highest BCUT2D eigenvalue weighted by molar-refractivity contribution is 5.96. The molecule has 5 heteroatoms. The molecule has 0 unspecified atom stereocenters. The Morgan fingerprint density at radius 1 is 1.05 bits per heavy atom. The topological polar surface area (TPSA) is 69.7 Å². The first-order valence-corrected chi connectivity index (χ1v) is 6.50. The van der Waals surface area contributed by atoms with Gasteiger partial charge in [-0.1, -0.05) is 0 Å².